The molecule has 0 saturated heterocycles. The highest BCUT2D eigenvalue weighted by atomic mass is 16.4. The Morgan fingerprint density at radius 1 is 0.516 bits per heavy atom. The molecule has 31 heavy (non-hydrogen) atoms. The second-order valence-corrected chi connectivity index (χ2v) is 6.84. The highest BCUT2D eigenvalue weighted by molar-refractivity contribution is 5.79. The quantitative estimate of drug-likeness (QED) is 0.183. The molecule has 0 heterocycles. The average molecular weight is 448 g/mol. The number of hydrogen-bond acceptors (Lipinski definition) is 8. The zero-order chi connectivity index (χ0) is 24.0. The lowest BCUT2D eigenvalue weighted by Crippen LogP contribution is -2.47. The molecular weight excluding hydrogens is 416 g/mol. The number of likely N-dealkylation sites (N-methyl/N-ethyl adjacent to an activating group) is 1. The van der Waals surface area contributed by atoms with Crippen molar-refractivity contribution in [3.8, 4) is 0 Å². The summed E-state index contributed by atoms with van der Waals surface area (Å²) < 4.78 is 0. The van der Waals surface area contributed by atoms with Crippen molar-refractivity contribution in [2.75, 3.05) is 72.0 Å². The molecule has 0 spiro atoms. The molecular formula is C18H32N4O9. The number of aliphatic carboxylic acids is 4. The highest BCUT2D eigenvalue weighted by Crippen LogP contribution is 1.99. The molecule has 0 aromatic carbocycles. The van der Waals surface area contributed by atoms with Gasteiger partial charge in [0.2, 0.25) is 5.91 Å². The molecule has 0 aliphatic rings. The van der Waals surface area contributed by atoms with Crippen molar-refractivity contribution in [1.82, 2.24) is 19.6 Å². The summed E-state index contributed by atoms with van der Waals surface area (Å²) in [6.07, 6.45) is 0. The summed E-state index contributed by atoms with van der Waals surface area (Å²) in [4.78, 5) is 62.0. The summed E-state index contributed by atoms with van der Waals surface area (Å²) in [6.45, 7) is 2.80. The van der Waals surface area contributed by atoms with Crippen molar-refractivity contribution in [1.29, 1.82) is 0 Å². The van der Waals surface area contributed by atoms with E-state index in [0.717, 1.165) is 4.90 Å². The van der Waals surface area contributed by atoms with E-state index in [2.05, 4.69) is 0 Å². The Labute approximate surface area is 180 Å². The number of amides is 1. The molecule has 13 heteroatoms. The minimum atomic E-state index is -1.21. The van der Waals surface area contributed by atoms with Crippen LogP contribution in [0.2, 0.25) is 0 Å². The van der Waals surface area contributed by atoms with Crippen LogP contribution in [0.4, 0.5) is 0 Å². The van der Waals surface area contributed by atoms with E-state index in [9.17, 15) is 24.0 Å². The van der Waals surface area contributed by atoms with Crippen LogP contribution in [0.1, 0.15) is 13.8 Å². The van der Waals surface area contributed by atoms with Gasteiger partial charge in [-0.25, -0.2) is 0 Å². The second kappa shape index (κ2) is 15.1. The van der Waals surface area contributed by atoms with Gasteiger partial charge in [0, 0.05) is 39.3 Å². The Morgan fingerprint density at radius 3 is 1.13 bits per heavy atom. The van der Waals surface area contributed by atoms with Crippen molar-refractivity contribution in [3.63, 3.8) is 0 Å². The first kappa shape index (κ1) is 28.2. The van der Waals surface area contributed by atoms with E-state index in [4.69, 9.17) is 20.4 Å². The normalized spacial score (nSPS) is 11.1. The molecule has 0 radical (unpaired) electrons. The molecule has 0 saturated carbocycles. The fourth-order valence-electron chi connectivity index (χ4n) is 2.90. The molecule has 0 aliphatic heterocycles. The fourth-order valence-corrected chi connectivity index (χ4v) is 2.90. The zero-order valence-electron chi connectivity index (χ0n) is 17.9. The Balaban J connectivity index is 5.08. The maximum absolute atomic E-state index is 12.3. The first-order chi connectivity index (χ1) is 14.5. The summed E-state index contributed by atoms with van der Waals surface area (Å²) in [5.74, 6) is -4.95. The van der Waals surface area contributed by atoms with Gasteiger partial charge in [0.1, 0.15) is 0 Å². The largest absolute Gasteiger partial charge is 0.480 e. The standard InChI is InChI=1S/C18H32N4O9/c1-3-22(4-2)14(23)9-20(11-16(26)27)7-5-19(10-15(24)25)6-8-21(12-17(28)29)13-18(30)31/h3-13H2,1-2H3,(H,24,25)(H,26,27)(H,28,29)(H,30,31). The van der Waals surface area contributed by atoms with Gasteiger partial charge in [0.25, 0.3) is 0 Å². The lowest BCUT2D eigenvalue weighted by molar-refractivity contribution is -0.143. The lowest BCUT2D eigenvalue weighted by Gasteiger charge is -2.28. The number of nitrogens with zero attached hydrogens (tertiary/aromatic N) is 4. The summed E-state index contributed by atoms with van der Waals surface area (Å²) in [5.41, 5.74) is 0. The van der Waals surface area contributed by atoms with Crippen LogP contribution < -0.4 is 0 Å². The maximum atomic E-state index is 12.3. The molecule has 4 N–H and O–H groups in total. The molecule has 0 aromatic heterocycles. The van der Waals surface area contributed by atoms with E-state index in [-0.39, 0.29) is 38.6 Å². The number of hydrogen-bond donors (Lipinski definition) is 4. The minimum Gasteiger partial charge on any atom is -0.480 e. The molecule has 0 unspecified atom stereocenters. The van der Waals surface area contributed by atoms with E-state index in [0.29, 0.717) is 13.1 Å². The van der Waals surface area contributed by atoms with Crippen LogP contribution in [-0.2, 0) is 24.0 Å². The van der Waals surface area contributed by atoms with Crippen molar-refractivity contribution in [3.05, 3.63) is 0 Å². The van der Waals surface area contributed by atoms with Gasteiger partial charge in [0.15, 0.2) is 0 Å². The van der Waals surface area contributed by atoms with Crippen LogP contribution >= 0.6 is 0 Å². The third-order valence-electron chi connectivity index (χ3n) is 4.38. The fraction of sp³-hybridized carbons (Fsp3) is 0.722. The van der Waals surface area contributed by atoms with Gasteiger partial charge in [-0.15, -0.1) is 0 Å². The van der Waals surface area contributed by atoms with Crippen LogP contribution in [-0.4, -0.2) is 142 Å². The van der Waals surface area contributed by atoms with E-state index in [1.165, 1.54) is 9.80 Å². The first-order valence-corrected chi connectivity index (χ1v) is 9.80. The minimum absolute atomic E-state index is 0.0107. The molecule has 0 bridgehead atoms. The summed E-state index contributed by atoms with van der Waals surface area (Å²) >= 11 is 0. The highest BCUT2D eigenvalue weighted by Gasteiger charge is 2.20. The zero-order valence-corrected chi connectivity index (χ0v) is 17.9. The predicted molar refractivity (Wildman–Crippen MR) is 108 cm³/mol. The van der Waals surface area contributed by atoms with Crippen LogP contribution in [0, 0.1) is 0 Å². The Bertz CT molecular complexity index is 609. The first-order valence-electron chi connectivity index (χ1n) is 9.80. The van der Waals surface area contributed by atoms with Crippen LogP contribution in [0.3, 0.4) is 0 Å². The number of carbonyl (C=O) groups excluding carboxylic acids is 1. The smallest absolute Gasteiger partial charge is 0.317 e. The van der Waals surface area contributed by atoms with E-state index in [1.807, 2.05) is 0 Å². The van der Waals surface area contributed by atoms with E-state index in [1.54, 1.807) is 18.7 Å². The van der Waals surface area contributed by atoms with Crippen molar-refractivity contribution in [2.24, 2.45) is 0 Å². The number of carboxylic acid groups (broad SMARTS) is 4. The topological polar surface area (TPSA) is 179 Å². The number of carbonyl (C=O) groups is 5. The third kappa shape index (κ3) is 14.0. The number of rotatable bonds is 18. The summed E-state index contributed by atoms with van der Waals surface area (Å²) in [7, 11) is 0. The molecule has 0 rings (SSSR count). The molecule has 0 atom stereocenters. The SMILES string of the molecule is CCN(CC)C(=O)CN(CCN(CCN(CC(=O)O)CC(=O)O)CC(=O)O)CC(=O)O. The van der Waals surface area contributed by atoms with E-state index >= 15 is 0 Å². The van der Waals surface area contributed by atoms with Crippen LogP contribution in [0.5, 0.6) is 0 Å². The molecule has 0 aliphatic carbocycles. The Morgan fingerprint density at radius 2 is 0.806 bits per heavy atom. The van der Waals surface area contributed by atoms with Crippen molar-refractivity contribution in [2.45, 2.75) is 13.8 Å². The molecule has 0 fully saturated rings. The monoisotopic (exact) mass is 448 g/mol. The number of carboxylic acids is 4. The van der Waals surface area contributed by atoms with Crippen LogP contribution in [0.25, 0.3) is 0 Å². The van der Waals surface area contributed by atoms with E-state index < -0.39 is 50.1 Å². The van der Waals surface area contributed by atoms with Gasteiger partial charge in [0.05, 0.1) is 32.7 Å². The predicted octanol–water partition coefficient (Wildman–Crippen LogP) is -1.90. The van der Waals surface area contributed by atoms with Gasteiger partial charge in [-0.2, -0.15) is 0 Å². The summed E-state index contributed by atoms with van der Waals surface area (Å²) in [6, 6.07) is 0. The molecule has 1 amide bonds. The van der Waals surface area contributed by atoms with Gasteiger partial charge < -0.3 is 25.3 Å². The lowest BCUT2D eigenvalue weighted by atomic mass is 10.3. The molecule has 13 nitrogen and oxygen atoms in total. The van der Waals surface area contributed by atoms with Gasteiger partial charge in [-0.1, -0.05) is 0 Å². The van der Waals surface area contributed by atoms with Gasteiger partial charge in [-0.3, -0.25) is 38.7 Å². The van der Waals surface area contributed by atoms with Gasteiger partial charge >= 0.3 is 23.9 Å². The third-order valence-corrected chi connectivity index (χ3v) is 4.38. The van der Waals surface area contributed by atoms with Crippen LogP contribution in [0.15, 0.2) is 0 Å². The Kier molecular flexibility index (Phi) is 13.7. The molecule has 0 aromatic rings. The maximum Gasteiger partial charge on any atom is 0.317 e. The van der Waals surface area contributed by atoms with Crippen molar-refractivity contribution >= 4 is 29.8 Å². The Hall–Kier alpha value is -2.77. The average Bonchev–Trinajstić information content (AvgIpc) is 2.62. The molecule has 178 valence electrons. The van der Waals surface area contributed by atoms with Gasteiger partial charge in [-0.05, 0) is 13.8 Å². The second-order valence-electron chi connectivity index (χ2n) is 6.84. The summed E-state index contributed by atoms with van der Waals surface area (Å²) in [5, 5.41) is 36.0. The van der Waals surface area contributed by atoms with Crippen molar-refractivity contribution < 1.29 is 44.4 Å².